The summed E-state index contributed by atoms with van der Waals surface area (Å²) >= 11 is 1.51. The number of fused-ring (bicyclic) bond motifs is 3. The van der Waals surface area contributed by atoms with E-state index >= 15 is 0 Å². The second-order valence-electron chi connectivity index (χ2n) is 8.59. The van der Waals surface area contributed by atoms with Gasteiger partial charge in [0.05, 0.1) is 16.0 Å². The van der Waals surface area contributed by atoms with Gasteiger partial charge in [0.2, 0.25) is 0 Å². The number of nitrogens with one attached hydrogen (secondary N) is 2. The van der Waals surface area contributed by atoms with E-state index in [9.17, 15) is 9.59 Å². The summed E-state index contributed by atoms with van der Waals surface area (Å²) in [5.41, 5.74) is 3.70. The lowest BCUT2D eigenvalue weighted by Crippen LogP contribution is -2.33. The zero-order chi connectivity index (χ0) is 23.5. The Morgan fingerprint density at radius 2 is 1.85 bits per heavy atom. The van der Waals surface area contributed by atoms with Crippen LogP contribution in [0.5, 0.6) is 0 Å². The minimum Gasteiger partial charge on any atom is -0.355 e. The largest absolute Gasteiger partial charge is 0.355 e. The molecule has 4 heterocycles. The Bertz CT molecular complexity index is 1320. The first-order valence-electron chi connectivity index (χ1n) is 11.7. The van der Waals surface area contributed by atoms with Crippen molar-refractivity contribution < 1.29 is 9.59 Å². The molecule has 1 aliphatic heterocycles. The molecule has 2 amide bonds. The predicted molar refractivity (Wildman–Crippen MR) is 134 cm³/mol. The second-order valence-corrected chi connectivity index (χ2v) is 9.60. The van der Waals surface area contributed by atoms with Crippen molar-refractivity contribution in [3.63, 3.8) is 0 Å². The highest BCUT2D eigenvalue weighted by molar-refractivity contribution is 7.23. The number of piperidine rings is 1. The molecule has 0 saturated carbocycles. The van der Waals surface area contributed by atoms with Gasteiger partial charge in [0.1, 0.15) is 0 Å². The number of rotatable bonds is 7. The standard InChI is InChI=1S/C25H28N6O2S/c1-26-23(32)18-8-6-17(7-9-18)20-16-31-22-21(34-25(31)29-20)14-19(15-28-22)24(33)27-10-5-13-30-11-3-2-4-12-30/h6-9,14-16H,2-5,10-13H2,1H3,(H,26,32)(H,27,33). The summed E-state index contributed by atoms with van der Waals surface area (Å²) in [6.07, 6.45) is 8.44. The van der Waals surface area contributed by atoms with Crippen molar-refractivity contribution in [1.29, 1.82) is 0 Å². The van der Waals surface area contributed by atoms with Crippen LogP contribution in [0.4, 0.5) is 0 Å². The monoisotopic (exact) mass is 476 g/mol. The van der Waals surface area contributed by atoms with E-state index < -0.39 is 0 Å². The lowest BCUT2D eigenvalue weighted by atomic mass is 10.1. The van der Waals surface area contributed by atoms with Crippen LogP contribution >= 0.6 is 11.3 Å². The summed E-state index contributed by atoms with van der Waals surface area (Å²) in [5.74, 6) is -0.203. The van der Waals surface area contributed by atoms with Gasteiger partial charge in [0.25, 0.3) is 11.8 Å². The fourth-order valence-electron chi connectivity index (χ4n) is 4.37. The van der Waals surface area contributed by atoms with Gasteiger partial charge in [-0.3, -0.25) is 14.0 Å². The van der Waals surface area contributed by atoms with Crippen molar-refractivity contribution in [1.82, 2.24) is 29.9 Å². The molecular formula is C25H28N6O2S. The van der Waals surface area contributed by atoms with Crippen LogP contribution in [0.1, 0.15) is 46.4 Å². The third-order valence-electron chi connectivity index (χ3n) is 6.25. The average Bonchev–Trinajstić information content (AvgIpc) is 3.44. The quantitative estimate of drug-likeness (QED) is 0.398. The number of hydrogen-bond acceptors (Lipinski definition) is 6. The Balaban J connectivity index is 1.25. The van der Waals surface area contributed by atoms with Gasteiger partial charge in [-0.1, -0.05) is 29.9 Å². The summed E-state index contributed by atoms with van der Waals surface area (Å²) in [6.45, 7) is 4.06. The summed E-state index contributed by atoms with van der Waals surface area (Å²) in [4.78, 5) is 37.0. The fourth-order valence-corrected chi connectivity index (χ4v) is 5.37. The Morgan fingerprint density at radius 3 is 2.62 bits per heavy atom. The maximum Gasteiger partial charge on any atom is 0.252 e. The third kappa shape index (κ3) is 4.67. The highest BCUT2D eigenvalue weighted by atomic mass is 32.1. The van der Waals surface area contributed by atoms with E-state index in [-0.39, 0.29) is 11.8 Å². The number of pyridine rings is 1. The lowest BCUT2D eigenvalue weighted by Gasteiger charge is -2.26. The minimum atomic E-state index is -0.116. The minimum absolute atomic E-state index is 0.0871. The van der Waals surface area contributed by atoms with E-state index in [0.29, 0.717) is 17.7 Å². The van der Waals surface area contributed by atoms with E-state index in [0.717, 1.165) is 39.5 Å². The van der Waals surface area contributed by atoms with Gasteiger partial charge in [-0.15, -0.1) is 0 Å². The molecule has 0 aliphatic carbocycles. The molecule has 3 aromatic heterocycles. The molecular weight excluding hydrogens is 448 g/mol. The number of benzene rings is 1. The molecule has 9 heteroatoms. The molecule has 8 nitrogen and oxygen atoms in total. The highest BCUT2D eigenvalue weighted by Crippen LogP contribution is 2.29. The first-order valence-corrected chi connectivity index (χ1v) is 12.5. The second kappa shape index (κ2) is 9.90. The molecule has 4 aromatic rings. The van der Waals surface area contributed by atoms with Crippen molar-refractivity contribution in [2.45, 2.75) is 25.7 Å². The molecule has 0 bridgehead atoms. The topological polar surface area (TPSA) is 91.6 Å². The van der Waals surface area contributed by atoms with Gasteiger partial charge < -0.3 is 15.5 Å². The number of likely N-dealkylation sites (tertiary alicyclic amines) is 1. The predicted octanol–water partition coefficient (Wildman–Crippen LogP) is 3.58. The van der Waals surface area contributed by atoms with Crippen molar-refractivity contribution in [3.05, 3.63) is 53.9 Å². The van der Waals surface area contributed by atoms with Gasteiger partial charge in [-0.25, -0.2) is 9.97 Å². The fraction of sp³-hybridized carbons (Fsp3) is 0.360. The normalized spacial score (nSPS) is 14.5. The molecule has 0 spiro atoms. The maximum atomic E-state index is 12.6. The summed E-state index contributed by atoms with van der Waals surface area (Å²) in [7, 11) is 1.61. The zero-order valence-corrected chi connectivity index (χ0v) is 20.0. The van der Waals surface area contributed by atoms with Crippen molar-refractivity contribution in [2.24, 2.45) is 0 Å². The Hall–Kier alpha value is -3.30. The maximum absolute atomic E-state index is 12.6. The van der Waals surface area contributed by atoms with Gasteiger partial charge in [0.15, 0.2) is 10.6 Å². The van der Waals surface area contributed by atoms with Crippen LogP contribution in [0.25, 0.3) is 26.6 Å². The number of hydrogen-bond donors (Lipinski definition) is 2. The first kappa shape index (κ1) is 22.5. The molecule has 1 aliphatic rings. The molecule has 1 saturated heterocycles. The van der Waals surface area contributed by atoms with Crippen LogP contribution in [0.3, 0.4) is 0 Å². The Labute approximate surface area is 202 Å². The zero-order valence-electron chi connectivity index (χ0n) is 19.2. The lowest BCUT2D eigenvalue weighted by molar-refractivity contribution is 0.0947. The van der Waals surface area contributed by atoms with Gasteiger partial charge in [0, 0.05) is 37.1 Å². The number of thiazole rings is 1. The van der Waals surface area contributed by atoms with E-state index in [1.807, 2.05) is 28.8 Å². The van der Waals surface area contributed by atoms with E-state index in [1.54, 1.807) is 25.4 Å². The summed E-state index contributed by atoms with van der Waals surface area (Å²) < 4.78 is 2.87. The number of imidazole rings is 1. The van der Waals surface area contributed by atoms with Gasteiger partial charge >= 0.3 is 0 Å². The van der Waals surface area contributed by atoms with E-state index in [2.05, 4.69) is 20.5 Å². The highest BCUT2D eigenvalue weighted by Gasteiger charge is 2.15. The van der Waals surface area contributed by atoms with E-state index in [1.165, 1.54) is 43.7 Å². The van der Waals surface area contributed by atoms with Crippen LogP contribution < -0.4 is 10.6 Å². The summed E-state index contributed by atoms with van der Waals surface area (Å²) in [6, 6.07) is 9.24. The molecule has 34 heavy (non-hydrogen) atoms. The number of nitrogens with zero attached hydrogens (tertiary/aromatic N) is 4. The van der Waals surface area contributed by atoms with E-state index in [4.69, 9.17) is 4.98 Å². The van der Waals surface area contributed by atoms with Crippen molar-refractivity contribution >= 4 is 38.5 Å². The molecule has 1 fully saturated rings. The molecule has 176 valence electrons. The van der Waals surface area contributed by atoms with Crippen LogP contribution in [0, 0.1) is 0 Å². The average molecular weight is 477 g/mol. The number of amides is 2. The molecule has 2 N–H and O–H groups in total. The molecule has 0 unspecified atom stereocenters. The van der Waals surface area contributed by atoms with Gasteiger partial charge in [-0.2, -0.15) is 0 Å². The molecule has 1 aromatic carbocycles. The number of aromatic nitrogens is 3. The third-order valence-corrected chi connectivity index (χ3v) is 7.24. The van der Waals surface area contributed by atoms with Crippen molar-refractivity contribution in [2.75, 3.05) is 33.2 Å². The number of carbonyl (C=O) groups excluding carboxylic acids is 2. The molecule has 0 radical (unpaired) electrons. The van der Waals surface area contributed by atoms with Crippen molar-refractivity contribution in [3.8, 4) is 11.3 Å². The van der Waals surface area contributed by atoms with Crippen LogP contribution in [0.15, 0.2) is 42.7 Å². The van der Waals surface area contributed by atoms with Crippen LogP contribution in [-0.2, 0) is 0 Å². The van der Waals surface area contributed by atoms with Crippen LogP contribution in [0.2, 0.25) is 0 Å². The SMILES string of the molecule is CNC(=O)c1ccc(-c2cn3c(n2)sc2cc(C(=O)NCCCN4CCCCC4)cnc23)cc1. The Morgan fingerprint density at radius 1 is 1.06 bits per heavy atom. The Kier molecular flexibility index (Phi) is 6.55. The number of carbonyl (C=O) groups is 2. The van der Waals surface area contributed by atoms with Gasteiger partial charge in [-0.05, 0) is 57.1 Å². The smallest absolute Gasteiger partial charge is 0.252 e. The van der Waals surface area contributed by atoms with Crippen LogP contribution in [-0.4, -0.2) is 64.3 Å². The molecule has 0 atom stereocenters. The molecule has 5 rings (SSSR count). The first-order chi connectivity index (χ1) is 16.6. The summed E-state index contributed by atoms with van der Waals surface area (Å²) in [5, 5.41) is 5.65.